The predicted molar refractivity (Wildman–Crippen MR) is 124 cm³/mol. The van der Waals surface area contributed by atoms with Gasteiger partial charge in [-0.2, -0.15) is 5.10 Å². The number of aromatic nitrogens is 5. The van der Waals surface area contributed by atoms with E-state index in [0.717, 1.165) is 4.57 Å². The molecule has 1 atom stereocenters. The van der Waals surface area contributed by atoms with Crippen LogP contribution >= 0.6 is 0 Å². The highest BCUT2D eigenvalue weighted by Crippen LogP contribution is 2.20. The number of nitrogens with one attached hydrogen (secondary N) is 2. The summed E-state index contributed by atoms with van der Waals surface area (Å²) in [6.45, 7) is 2.35. The number of rotatable bonds is 7. The van der Waals surface area contributed by atoms with E-state index in [1.54, 1.807) is 50.3 Å². The molecule has 0 aromatic carbocycles. The fourth-order valence-corrected chi connectivity index (χ4v) is 3.56. The van der Waals surface area contributed by atoms with Crippen molar-refractivity contribution in [3.05, 3.63) is 70.8 Å². The van der Waals surface area contributed by atoms with Gasteiger partial charge in [0.1, 0.15) is 18.2 Å². The quantitative estimate of drug-likeness (QED) is 0.246. The zero-order valence-electron chi connectivity index (χ0n) is 18.9. The minimum atomic E-state index is -0.799. The second kappa shape index (κ2) is 9.40. The molecule has 0 aliphatic rings. The van der Waals surface area contributed by atoms with Gasteiger partial charge in [0.2, 0.25) is 0 Å². The zero-order valence-corrected chi connectivity index (χ0v) is 18.9. The van der Waals surface area contributed by atoms with Crippen LogP contribution in [0.25, 0.3) is 22.0 Å². The average Bonchev–Trinajstić information content (AvgIpc) is 3.27. The number of pyridine rings is 3. The van der Waals surface area contributed by atoms with Crippen molar-refractivity contribution < 1.29 is 13.9 Å². The Morgan fingerprint density at radius 3 is 2.71 bits per heavy atom. The van der Waals surface area contributed by atoms with Gasteiger partial charge in [0.15, 0.2) is 11.3 Å². The third-order valence-corrected chi connectivity index (χ3v) is 5.44. The maximum absolute atomic E-state index is 14.6. The first-order valence-electron chi connectivity index (χ1n) is 10.5. The van der Waals surface area contributed by atoms with Gasteiger partial charge in [0, 0.05) is 43.9 Å². The monoisotopic (exact) mass is 465 g/mol. The van der Waals surface area contributed by atoms with E-state index in [4.69, 9.17) is 20.3 Å². The molecule has 34 heavy (non-hydrogen) atoms. The molecule has 0 saturated heterocycles. The smallest absolute Gasteiger partial charge is 0.260 e. The van der Waals surface area contributed by atoms with E-state index >= 15 is 0 Å². The zero-order chi connectivity index (χ0) is 24.4. The molecule has 0 bridgehead atoms. The van der Waals surface area contributed by atoms with Crippen LogP contribution in [0, 0.1) is 16.6 Å². The lowest BCUT2D eigenvalue weighted by molar-refractivity contribution is 0.146. The average molecular weight is 465 g/mol. The van der Waals surface area contributed by atoms with E-state index in [9.17, 15) is 9.18 Å². The molecule has 11 heteroatoms. The Hall–Kier alpha value is -4.12. The molecule has 1 unspecified atom stereocenters. The Kier molecular flexibility index (Phi) is 6.37. The van der Waals surface area contributed by atoms with Gasteiger partial charge in [-0.1, -0.05) is 0 Å². The van der Waals surface area contributed by atoms with E-state index in [1.807, 2.05) is 0 Å². The van der Waals surface area contributed by atoms with E-state index in [2.05, 4.69) is 10.1 Å². The standard InChI is InChI=1S/C23H24FN7O3/c1-14(21(25)31-13-15(8-19(24)22(31)26)16-10-28-29(2)12-16)30-5-4-20-18(23(30)32)9-17(11-27-20)34-7-6-33-3/h4-5,8-14,25-26H,6-7H2,1-3H3. The van der Waals surface area contributed by atoms with Crippen LogP contribution in [0.3, 0.4) is 0 Å². The van der Waals surface area contributed by atoms with Gasteiger partial charge in [0.25, 0.3) is 5.56 Å². The summed E-state index contributed by atoms with van der Waals surface area (Å²) in [6.07, 6.45) is 7.85. The summed E-state index contributed by atoms with van der Waals surface area (Å²) >= 11 is 0. The van der Waals surface area contributed by atoms with Gasteiger partial charge >= 0.3 is 0 Å². The first-order valence-corrected chi connectivity index (χ1v) is 10.5. The van der Waals surface area contributed by atoms with Gasteiger partial charge < -0.3 is 14.0 Å². The highest BCUT2D eigenvalue weighted by Gasteiger charge is 2.19. The molecule has 4 aromatic heterocycles. The molecule has 0 amide bonds. The number of aryl methyl sites for hydroxylation is 1. The number of hydrogen-bond donors (Lipinski definition) is 2. The summed E-state index contributed by atoms with van der Waals surface area (Å²) in [4.78, 5) is 17.5. The summed E-state index contributed by atoms with van der Waals surface area (Å²) in [5, 5.41) is 21.2. The number of nitrogens with zero attached hydrogens (tertiary/aromatic N) is 5. The maximum Gasteiger partial charge on any atom is 0.260 e. The van der Waals surface area contributed by atoms with Gasteiger partial charge in [-0.05, 0) is 25.1 Å². The number of fused-ring (bicyclic) bond motifs is 1. The third kappa shape index (κ3) is 4.37. The Labute approximate surface area is 193 Å². The van der Waals surface area contributed by atoms with Crippen LogP contribution in [-0.2, 0) is 11.8 Å². The Morgan fingerprint density at radius 2 is 2.00 bits per heavy atom. The van der Waals surface area contributed by atoms with Crippen LogP contribution < -0.4 is 15.8 Å². The van der Waals surface area contributed by atoms with Crippen molar-refractivity contribution in [1.82, 2.24) is 23.9 Å². The summed E-state index contributed by atoms with van der Waals surface area (Å²) in [7, 11) is 3.31. The molecule has 4 rings (SSSR count). The van der Waals surface area contributed by atoms with E-state index < -0.39 is 17.3 Å². The molecule has 0 spiro atoms. The van der Waals surface area contributed by atoms with Crippen molar-refractivity contribution in [3.8, 4) is 16.9 Å². The molecule has 0 saturated carbocycles. The number of ether oxygens (including phenoxy) is 2. The molecule has 2 N–H and O–H groups in total. The molecule has 0 aliphatic carbocycles. The Balaban J connectivity index is 1.72. The lowest BCUT2D eigenvalue weighted by Crippen LogP contribution is -2.36. The van der Waals surface area contributed by atoms with Crippen molar-refractivity contribution in [2.45, 2.75) is 13.0 Å². The summed E-state index contributed by atoms with van der Waals surface area (Å²) < 4.78 is 29.2. The molecular formula is C23H24FN7O3. The van der Waals surface area contributed by atoms with Crippen molar-refractivity contribution in [1.29, 1.82) is 10.8 Å². The second-order valence-corrected chi connectivity index (χ2v) is 7.73. The van der Waals surface area contributed by atoms with Crippen LogP contribution in [0.2, 0.25) is 0 Å². The van der Waals surface area contributed by atoms with Crippen LogP contribution in [0.4, 0.5) is 4.39 Å². The highest BCUT2D eigenvalue weighted by atomic mass is 19.1. The number of methoxy groups -OCH3 is 1. The predicted octanol–water partition coefficient (Wildman–Crippen LogP) is 2.33. The Bertz CT molecular complexity index is 1490. The molecule has 176 valence electrons. The van der Waals surface area contributed by atoms with E-state index in [1.165, 1.54) is 29.2 Å². The molecule has 4 aromatic rings. The fourth-order valence-electron chi connectivity index (χ4n) is 3.56. The van der Waals surface area contributed by atoms with Crippen molar-refractivity contribution in [3.63, 3.8) is 0 Å². The summed E-state index contributed by atoms with van der Waals surface area (Å²) in [6, 6.07) is 3.69. The van der Waals surface area contributed by atoms with Crippen molar-refractivity contribution >= 4 is 16.7 Å². The second-order valence-electron chi connectivity index (χ2n) is 7.73. The van der Waals surface area contributed by atoms with Crippen LogP contribution in [0.5, 0.6) is 5.75 Å². The topological polar surface area (TPSA) is 124 Å². The lowest BCUT2D eigenvalue weighted by Gasteiger charge is -2.19. The minimum Gasteiger partial charge on any atom is -0.490 e. The maximum atomic E-state index is 14.6. The number of hydrogen-bond acceptors (Lipinski definition) is 7. The first kappa shape index (κ1) is 23.1. The lowest BCUT2D eigenvalue weighted by atomic mass is 10.1. The van der Waals surface area contributed by atoms with Gasteiger partial charge in [0.05, 0.1) is 35.9 Å². The van der Waals surface area contributed by atoms with E-state index in [-0.39, 0.29) is 11.4 Å². The molecule has 4 heterocycles. The number of halogens is 1. The Morgan fingerprint density at radius 1 is 1.21 bits per heavy atom. The normalized spacial score (nSPS) is 12.1. The largest absolute Gasteiger partial charge is 0.490 e. The minimum absolute atomic E-state index is 0.142. The SMILES string of the molecule is COCCOc1cnc2ccn(C(C)C(=N)n3cc(-c4cnn(C)c4)cc(F)c3=N)c(=O)c2c1. The van der Waals surface area contributed by atoms with Crippen molar-refractivity contribution in [2.24, 2.45) is 7.05 Å². The molecule has 0 aliphatic heterocycles. The molecule has 0 radical (unpaired) electrons. The van der Waals surface area contributed by atoms with Gasteiger partial charge in [-0.15, -0.1) is 0 Å². The van der Waals surface area contributed by atoms with Crippen LogP contribution in [0.1, 0.15) is 13.0 Å². The van der Waals surface area contributed by atoms with Gasteiger partial charge in [-0.3, -0.25) is 29.8 Å². The highest BCUT2D eigenvalue weighted by molar-refractivity contribution is 5.86. The summed E-state index contributed by atoms with van der Waals surface area (Å²) in [5.41, 5.74) is 0.735. The molecular weight excluding hydrogens is 441 g/mol. The summed E-state index contributed by atoms with van der Waals surface area (Å²) in [5.74, 6) is -0.501. The molecule has 0 fully saturated rings. The van der Waals surface area contributed by atoms with Crippen LogP contribution in [-0.4, -0.2) is 50.1 Å². The van der Waals surface area contributed by atoms with E-state index in [0.29, 0.717) is 41.0 Å². The van der Waals surface area contributed by atoms with Crippen LogP contribution in [0.15, 0.2) is 54.0 Å². The first-order chi connectivity index (χ1) is 16.3. The van der Waals surface area contributed by atoms with Crippen molar-refractivity contribution in [2.75, 3.05) is 20.3 Å². The van der Waals surface area contributed by atoms with Gasteiger partial charge in [-0.25, -0.2) is 4.39 Å². The fraction of sp³-hybridized carbons (Fsp3) is 0.261. The molecule has 10 nitrogen and oxygen atoms in total. The third-order valence-electron chi connectivity index (χ3n) is 5.44.